The molecule has 0 aromatic heterocycles. The number of hydrogen-bond donors (Lipinski definition) is 2. The van der Waals surface area contributed by atoms with Crippen LogP contribution >= 0.6 is 0 Å². The van der Waals surface area contributed by atoms with Gasteiger partial charge < -0.3 is 24.6 Å². The molecule has 5 rings (SSSR count). The zero-order valence-electron chi connectivity index (χ0n) is 26.4. The van der Waals surface area contributed by atoms with Crippen LogP contribution in [0.2, 0.25) is 0 Å². The van der Waals surface area contributed by atoms with Crippen molar-refractivity contribution in [3.05, 3.63) is 82.4 Å². The highest BCUT2D eigenvalue weighted by molar-refractivity contribution is 5.94. The van der Waals surface area contributed by atoms with Crippen LogP contribution in [0.25, 0.3) is 0 Å². The van der Waals surface area contributed by atoms with Crippen LogP contribution in [0.4, 0.5) is 5.69 Å². The van der Waals surface area contributed by atoms with Gasteiger partial charge in [-0.3, -0.25) is 14.5 Å². The van der Waals surface area contributed by atoms with E-state index in [0.717, 1.165) is 46.5 Å². The number of carboxylic acids is 1. The topological polar surface area (TPSA) is 97.3 Å². The van der Waals surface area contributed by atoms with Gasteiger partial charge in [-0.15, -0.1) is 0 Å². The number of rotatable bonds is 11. The largest absolute Gasteiger partial charge is 0.493 e. The van der Waals surface area contributed by atoms with E-state index in [1.54, 1.807) is 0 Å². The molecule has 0 radical (unpaired) electrons. The van der Waals surface area contributed by atoms with Crippen molar-refractivity contribution in [3.8, 4) is 17.2 Å². The van der Waals surface area contributed by atoms with Crippen molar-refractivity contribution in [1.82, 2.24) is 4.90 Å². The number of amides is 1. The number of ether oxygens (including phenoxy) is 3. The number of fused-ring (bicyclic) bond motifs is 1. The second kappa shape index (κ2) is 13.7. The number of hydrogen-bond acceptors (Lipinski definition) is 6. The van der Waals surface area contributed by atoms with Crippen molar-refractivity contribution in [2.75, 3.05) is 38.2 Å². The molecule has 3 aromatic carbocycles. The van der Waals surface area contributed by atoms with E-state index in [4.69, 9.17) is 14.2 Å². The van der Waals surface area contributed by atoms with Gasteiger partial charge in [-0.2, -0.15) is 0 Å². The first-order chi connectivity index (χ1) is 21.2. The summed E-state index contributed by atoms with van der Waals surface area (Å²) >= 11 is 0. The van der Waals surface area contributed by atoms with Gasteiger partial charge in [0, 0.05) is 24.2 Å². The summed E-state index contributed by atoms with van der Waals surface area (Å²) in [5.41, 5.74) is 5.92. The molecule has 2 N–H and O–H groups in total. The fourth-order valence-corrected chi connectivity index (χ4v) is 6.47. The highest BCUT2D eigenvalue weighted by atomic mass is 16.6. The minimum absolute atomic E-state index is 0.0568. The molecule has 8 heteroatoms. The molecular formula is C36H44N2O6. The van der Waals surface area contributed by atoms with Crippen LogP contribution in [0, 0.1) is 18.8 Å². The molecule has 1 saturated heterocycles. The van der Waals surface area contributed by atoms with Gasteiger partial charge in [0.2, 0.25) is 5.91 Å². The lowest BCUT2D eigenvalue weighted by Crippen LogP contribution is -2.35. The second-order valence-electron chi connectivity index (χ2n) is 12.2. The number of carboxylic acid groups (broad SMARTS) is 1. The highest BCUT2D eigenvalue weighted by Gasteiger charge is 2.48. The molecule has 2 aliphatic heterocycles. The fourth-order valence-electron chi connectivity index (χ4n) is 6.47. The number of likely N-dealkylation sites (tertiary alicyclic amines) is 1. The molecule has 8 nitrogen and oxygen atoms in total. The minimum atomic E-state index is -0.905. The molecule has 0 spiro atoms. The molecule has 1 amide bonds. The summed E-state index contributed by atoms with van der Waals surface area (Å²) in [6.45, 7) is 12.4. The quantitative estimate of drug-likeness (QED) is 0.263. The van der Waals surface area contributed by atoms with Gasteiger partial charge in [0.15, 0.2) is 11.5 Å². The van der Waals surface area contributed by atoms with Crippen LogP contribution < -0.4 is 19.5 Å². The highest BCUT2D eigenvalue weighted by Crippen LogP contribution is 2.47. The normalized spacial score (nSPS) is 19.6. The monoisotopic (exact) mass is 600 g/mol. The van der Waals surface area contributed by atoms with Crippen molar-refractivity contribution in [3.63, 3.8) is 0 Å². The van der Waals surface area contributed by atoms with Crippen LogP contribution in [0.3, 0.4) is 0 Å². The first-order valence-electron chi connectivity index (χ1n) is 15.7. The average Bonchev–Trinajstić information content (AvgIpc) is 3.39. The van der Waals surface area contributed by atoms with E-state index in [-0.39, 0.29) is 18.4 Å². The third-order valence-electron chi connectivity index (χ3n) is 8.50. The van der Waals surface area contributed by atoms with Crippen LogP contribution in [-0.4, -0.2) is 54.8 Å². The van der Waals surface area contributed by atoms with Gasteiger partial charge in [-0.1, -0.05) is 63.6 Å². The lowest BCUT2D eigenvalue weighted by molar-refractivity contribution is -0.143. The van der Waals surface area contributed by atoms with Crippen molar-refractivity contribution in [2.24, 2.45) is 11.8 Å². The lowest BCUT2D eigenvalue weighted by Gasteiger charge is -2.27. The maximum absolute atomic E-state index is 13.7. The maximum atomic E-state index is 13.7. The number of carbonyl (C=O) groups is 2. The Morgan fingerprint density at radius 1 is 0.955 bits per heavy atom. The molecule has 44 heavy (non-hydrogen) atoms. The van der Waals surface area contributed by atoms with Crippen molar-refractivity contribution < 1.29 is 28.9 Å². The zero-order valence-corrected chi connectivity index (χ0v) is 26.4. The third kappa shape index (κ3) is 6.86. The third-order valence-corrected chi connectivity index (χ3v) is 8.50. The summed E-state index contributed by atoms with van der Waals surface area (Å²) in [7, 11) is 0. The second-order valence-corrected chi connectivity index (χ2v) is 12.2. The molecule has 3 aromatic rings. The molecular weight excluding hydrogens is 556 g/mol. The number of anilines is 1. The molecule has 2 aliphatic rings. The van der Waals surface area contributed by atoms with Crippen LogP contribution in [0.15, 0.2) is 54.6 Å². The predicted molar refractivity (Wildman–Crippen MR) is 171 cm³/mol. The maximum Gasteiger partial charge on any atom is 0.309 e. The van der Waals surface area contributed by atoms with Gasteiger partial charge in [0.25, 0.3) is 0 Å². The molecule has 0 bridgehead atoms. The molecule has 3 atom stereocenters. The Hall–Kier alpha value is -4.04. The first kappa shape index (κ1) is 31.4. The Bertz CT molecular complexity index is 1460. The van der Waals surface area contributed by atoms with Crippen LogP contribution in [0.5, 0.6) is 17.2 Å². The molecule has 2 heterocycles. The first-order valence-corrected chi connectivity index (χ1v) is 15.7. The van der Waals surface area contributed by atoms with Gasteiger partial charge in [0.1, 0.15) is 19.0 Å². The van der Waals surface area contributed by atoms with E-state index < -0.39 is 17.9 Å². The summed E-state index contributed by atoms with van der Waals surface area (Å²) in [5, 5.41) is 13.9. The summed E-state index contributed by atoms with van der Waals surface area (Å²) < 4.78 is 17.4. The lowest BCUT2D eigenvalue weighted by atomic mass is 9.82. The fraction of sp³-hybridized carbons (Fsp3) is 0.444. The molecule has 1 fully saturated rings. The molecule has 0 saturated carbocycles. The number of benzene rings is 3. The van der Waals surface area contributed by atoms with Gasteiger partial charge in [-0.25, -0.2) is 0 Å². The van der Waals surface area contributed by atoms with Crippen molar-refractivity contribution >= 4 is 17.6 Å². The van der Waals surface area contributed by atoms with E-state index in [2.05, 4.69) is 52.1 Å². The van der Waals surface area contributed by atoms with Gasteiger partial charge >= 0.3 is 5.97 Å². The van der Waals surface area contributed by atoms with Gasteiger partial charge in [-0.05, 0) is 72.2 Å². The summed E-state index contributed by atoms with van der Waals surface area (Å²) in [4.78, 5) is 28.7. The molecule has 0 unspecified atom stereocenters. The van der Waals surface area contributed by atoms with E-state index in [0.29, 0.717) is 43.8 Å². The van der Waals surface area contributed by atoms with Crippen molar-refractivity contribution in [1.29, 1.82) is 0 Å². The van der Waals surface area contributed by atoms with E-state index in [9.17, 15) is 14.7 Å². The van der Waals surface area contributed by atoms with Crippen molar-refractivity contribution in [2.45, 2.75) is 59.4 Å². The standard InChI is InChI=1S/C36H44N2O6/c1-6-24-16-23(5)17-25(7-2)34(24)37-32(39)20-38-19-29(27-10-13-30-31(18-27)43-15-14-42-30)33(36(40)41)35(38)26-8-11-28(12-9-26)44-21-22(3)4/h8-13,16-18,22,29,33,35H,6-7,14-15,19-21H2,1-5H3,(H,37,39)(H,40,41)/t29-,33-,35+/m1/s1. The Morgan fingerprint density at radius 3 is 2.20 bits per heavy atom. The Balaban J connectivity index is 1.48. The average molecular weight is 601 g/mol. The van der Waals surface area contributed by atoms with E-state index in [1.165, 1.54) is 5.56 Å². The van der Waals surface area contributed by atoms with Crippen LogP contribution in [-0.2, 0) is 22.4 Å². The zero-order chi connectivity index (χ0) is 31.4. The summed E-state index contributed by atoms with van der Waals surface area (Å²) in [6.07, 6.45) is 1.60. The Labute approximate surface area is 260 Å². The summed E-state index contributed by atoms with van der Waals surface area (Å²) in [6, 6.07) is 17.0. The Kier molecular flexibility index (Phi) is 9.79. The van der Waals surface area contributed by atoms with Crippen LogP contribution in [0.1, 0.15) is 67.5 Å². The number of nitrogens with one attached hydrogen (secondary N) is 1. The Morgan fingerprint density at radius 2 is 1.59 bits per heavy atom. The predicted octanol–water partition coefficient (Wildman–Crippen LogP) is 6.41. The number of aliphatic carboxylic acids is 1. The minimum Gasteiger partial charge on any atom is -0.493 e. The van der Waals surface area contributed by atoms with E-state index >= 15 is 0 Å². The summed E-state index contributed by atoms with van der Waals surface area (Å²) in [5.74, 6) is 0.182. The number of carbonyl (C=O) groups excluding carboxylic acids is 1. The van der Waals surface area contributed by atoms with E-state index in [1.807, 2.05) is 47.4 Å². The number of nitrogens with zero attached hydrogens (tertiary/aromatic N) is 1. The number of aryl methyl sites for hydroxylation is 3. The SMILES string of the molecule is CCc1cc(C)cc(CC)c1NC(=O)CN1C[C@H](c2ccc3c(c2)OCCO3)[C@@H](C(=O)O)[C@@H]1c1ccc(OCC(C)C)cc1. The molecule has 234 valence electrons. The molecule has 0 aliphatic carbocycles. The van der Waals surface area contributed by atoms with Gasteiger partial charge in [0.05, 0.1) is 19.1 Å². The smallest absolute Gasteiger partial charge is 0.309 e.